The molecule has 0 atom stereocenters. The fraction of sp³-hybridized carbons (Fsp3) is 0.125. The Morgan fingerprint density at radius 1 is 0.793 bits per heavy atom. The van der Waals surface area contributed by atoms with Crippen LogP contribution in [0.15, 0.2) is 72.8 Å². The molecule has 0 bridgehead atoms. The summed E-state index contributed by atoms with van der Waals surface area (Å²) in [7, 11) is 3.24. The third-order valence-electron chi connectivity index (χ3n) is 4.21. The van der Waals surface area contributed by atoms with E-state index in [4.69, 9.17) is 14.2 Å². The number of amides is 1. The van der Waals surface area contributed by atoms with Gasteiger partial charge in [-0.15, -0.1) is 0 Å². The van der Waals surface area contributed by atoms with Gasteiger partial charge in [0.25, 0.3) is 0 Å². The number of hydrogen-bond donors (Lipinski definition) is 1. The molecule has 0 aliphatic heterocycles. The Kier molecular flexibility index (Phi) is 6.90. The molecule has 0 spiro atoms. The second-order valence-electron chi connectivity index (χ2n) is 6.28. The van der Waals surface area contributed by atoms with Crippen molar-refractivity contribution in [2.75, 3.05) is 14.2 Å². The van der Waals surface area contributed by atoms with Gasteiger partial charge in [0.05, 0.1) is 14.2 Å². The van der Waals surface area contributed by atoms with Crippen molar-refractivity contribution in [2.45, 2.75) is 6.54 Å². The van der Waals surface area contributed by atoms with Gasteiger partial charge in [-0.05, 0) is 41.0 Å². The van der Waals surface area contributed by atoms with Crippen LogP contribution in [0.4, 0.5) is 4.79 Å². The molecule has 29 heavy (non-hydrogen) atoms. The maximum absolute atomic E-state index is 11.9. The quantitative estimate of drug-likeness (QED) is 0.567. The van der Waals surface area contributed by atoms with Crippen LogP contribution in [0.5, 0.6) is 17.2 Å². The van der Waals surface area contributed by atoms with E-state index < -0.39 is 6.09 Å². The van der Waals surface area contributed by atoms with Crippen molar-refractivity contribution in [3.63, 3.8) is 0 Å². The molecular formula is C24H23NO4. The highest BCUT2D eigenvalue weighted by Crippen LogP contribution is 2.24. The van der Waals surface area contributed by atoms with E-state index in [9.17, 15) is 4.79 Å². The molecule has 0 aromatic heterocycles. The minimum atomic E-state index is -0.486. The molecule has 0 aliphatic rings. The van der Waals surface area contributed by atoms with Gasteiger partial charge in [0, 0.05) is 12.6 Å². The summed E-state index contributed by atoms with van der Waals surface area (Å²) in [6.45, 7) is 0.421. The zero-order chi connectivity index (χ0) is 20.5. The Morgan fingerprint density at radius 2 is 1.41 bits per heavy atom. The number of carbonyl (C=O) groups is 1. The van der Waals surface area contributed by atoms with Crippen LogP contribution in [-0.2, 0) is 6.54 Å². The normalized spacial score (nSPS) is 10.6. The summed E-state index contributed by atoms with van der Waals surface area (Å²) in [5.41, 5.74) is 2.95. The molecule has 0 heterocycles. The van der Waals surface area contributed by atoms with Gasteiger partial charge in [-0.25, -0.2) is 4.79 Å². The van der Waals surface area contributed by atoms with Crippen molar-refractivity contribution in [1.29, 1.82) is 0 Å². The lowest BCUT2D eigenvalue weighted by molar-refractivity contribution is 0.200. The maximum Gasteiger partial charge on any atom is 0.412 e. The van der Waals surface area contributed by atoms with Gasteiger partial charge in [0.1, 0.15) is 17.2 Å². The smallest absolute Gasteiger partial charge is 0.412 e. The van der Waals surface area contributed by atoms with E-state index in [-0.39, 0.29) is 0 Å². The van der Waals surface area contributed by atoms with E-state index in [1.54, 1.807) is 26.4 Å². The topological polar surface area (TPSA) is 56.8 Å². The summed E-state index contributed by atoms with van der Waals surface area (Å²) < 4.78 is 15.9. The summed E-state index contributed by atoms with van der Waals surface area (Å²) in [6, 6.07) is 22.6. The second kappa shape index (κ2) is 9.99. The highest BCUT2D eigenvalue weighted by atomic mass is 16.6. The molecule has 5 heteroatoms. The summed E-state index contributed by atoms with van der Waals surface area (Å²) >= 11 is 0. The fourth-order valence-corrected chi connectivity index (χ4v) is 2.68. The Labute approximate surface area is 170 Å². The molecule has 1 N–H and O–H groups in total. The zero-order valence-electron chi connectivity index (χ0n) is 16.4. The monoisotopic (exact) mass is 389 g/mol. The van der Waals surface area contributed by atoms with Gasteiger partial charge in [-0.1, -0.05) is 54.6 Å². The van der Waals surface area contributed by atoms with E-state index in [0.29, 0.717) is 12.3 Å². The summed E-state index contributed by atoms with van der Waals surface area (Å²) in [5.74, 6) is 1.94. The molecule has 3 aromatic rings. The molecule has 3 rings (SSSR count). The van der Waals surface area contributed by atoms with Crippen molar-refractivity contribution in [2.24, 2.45) is 0 Å². The largest absolute Gasteiger partial charge is 0.497 e. The first-order chi connectivity index (χ1) is 14.2. The lowest BCUT2D eigenvalue weighted by Crippen LogP contribution is -2.26. The summed E-state index contributed by atoms with van der Waals surface area (Å²) in [4.78, 5) is 11.9. The second-order valence-corrected chi connectivity index (χ2v) is 6.28. The zero-order valence-corrected chi connectivity index (χ0v) is 16.4. The number of ether oxygens (including phenoxy) is 3. The highest BCUT2D eigenvalue weighted by Gasteiger charge is 2.04. The van der Waals surface area contributed by atoms with Crippen LogP contribution >= 0.6 is 0 Å². The van der Waals surface area contributed by atoms with Gasteiger partial charge in [0.15, 0.2) is 0 Å². The van der Waals surface area contributed by atoms with Crippen LogP contribution in [0.2, 0.25) is 0 Å². The SMILES string of the molecule is COc1cc(/C=C/c2ccc(OC(=O)NCc3ccccc3)cc2)cc(OC)c1. The van der Waals surface area contributed by atoms with E-state index in [0.717, 1.165) is 28.2 Å². The number of methoxy groups -OCH3 is 2. The first kappa shape index (κ1) is 20.0. The van der Waals surface area contributed by atoms with Gasteiger partial charge >= 0.3 is 6.09 Å². The number of nitrogens with one attached hydrogen (secondary N) is 1. The molecule has 0 aliphatic carbocycles. The third kappa shape index (κ3) is 6.14. The Hall–Kier alpha value is -3.73. The molecule has 0 radical (unpaired) electrons. The lowest BCUT2D eigenvalue weighted by atomic mass is 10.1. The van der Waals surface area contributed by atoms with Crippen molar-refractivity contribution in [3.05, 3.63) is 89.5 Å². The van der Waals surface area contributed by atoms with E-state index in [2.05, 4.69) is 5.32 Å². The molecule has 1 amide bonds. The van der Waals surface area contributed by atoms with Crippen LogP contribution in [0.25, 0.3) is 12.2 Å². The van der Waals surface area contributed by atoms with Gasteiger partial charge in [-0.2, -0.15) is 0 Å². The molecule has 0 saturated heterocycles. The molecule has 0 fully saturated rings. The Bertz CT molecular complexity index is 944. The Morgan fingerprint density at radius 3 is 2.03 bits per heavy atom. The molecule has 3 aromatic carbocycles. The van der Waals surface area contributed by atoms with Gasteiger partial charge in [-0.3, -0.25) is 0 Å². The van der Waals surface area contributed by atoms with Crippen molar-refractivity contribution >= 4 is 18.2 Å². The first-order valence-corrected chi connectivity index (χ1v) is 9.17. The molecule has 0 unspecified atom stereocenters. The van der Waals surface area contributed by atoms with Crippen LogP contribution < -0.4 is 19.5 Å². The predicted octanol–water partition coefficient (Wildman–Crippen LogP) is 5.16. The highest BCUT2D eigenvalue weighted by molar-refractivity contribution is 5.72. The minimum absolute atomic E-state index is 0.421. The standard InChI is InChI=1S/C24H23NO4/c1-27-22-14-20(15-23(16-22)28-2)9-8-18-10-12-21(13-11-18)29-24(26)25-17-19-6-4-3-5-7-19/h3-16H,17H2,1-2H3,(H,25,26)/b9-8+. The number of hydrogen-bond acceptors (Lipinski definition) is 4. The molecular weight excluding hydrogens is 366 g/mol. The predicted molar refractivity (Wildman–Crippen MR) is 114 cm³/mol. The Balaban J connectivity index is 1.57. The number of rotatable bonds is 7. The van der Waals surface area contributed by atoms with Crippen LogP contribution in [0, 0.1) is 0 Å². The van der Waals surface area contributed by atoms with Gasteiger partial charge in [0.2, 0.25) is 0 Å². The van der Waals surface area contributed by atoms with Crippen LogP contribution in [-0.4, -0.2) is 20.3 Å². The molecule has 5 nitrogen and oxygen atoms in total. The summed E-state index contributed by atoms with van der Waals surface area (Å²) in [5, 5.41) is 2.73. The van der Waals surface area contributed by atoms with Crippen LogP contribution in [0.1, 0.15) is 16.7 Å². The fourth-order valence-electron chi connectivity index (χ4n) is 2.68. The molecule has 0 saturated carbocycles. The van der Waals surface area contributed by atoms with Gasteiger partial charge < -0.3 is 19.5 Å². The van der Waals surface area contributed by atoms with Crippen LogP contribution in [0.3, 0.4) is 0 Å². The van der Waals surface area contributed by atoms with Crippen molar-refractivity contribution in [1.82, 2.24) is 5.32 Å². The van der Waals surface area contributed by atoms with E-state index in [1.165, 1.54) is 0 Å². The average molecular weight is 389 g/mol. The molecule has 148 valence electrons. The number of benzene rings is 3. The lowest BCUT2D eigenvalue weighted by Gasteiger charge is -2.07. The third-order valence-corrected chi connectivity index (χ3v) is 4.21. The summed E-state index contributed by atoms with van der Waals surface area (Å²) in [6.07, 6.45) is 3.45. The average Bonchev–Trinajstić information content (AvgIpc) is 2.77. The van der Waals surface area contributed by atoms with Crippen molar-refractivity contribution in [3.8, 4) is 17.2 Å². The first-order valence-electron chi connectivity index (χ1n) is 9.17. The van der Waals surface area contributed by atoms with Crippen molar-refractivity contribution < 1.29 is 19.0 Å². The van der Waals surface area contributed by atoms with E-state index in [1.807, 2.05) is 72.8 Å². The van der Waals surface area contributed by atoms with E-state index >= 15 is 0 Å². The number of carbonyl (C=O) groups excluding carboxylic acids is 1. The minimum Gasteiger partial charge on any atom is -0.497 e. The maximum atomic E-state index is 11.9.